The molecule has 0 aliphatic heterocycles. The maximum atomic E-state index is 6.26. The highest BCUT2D eigenvalue weighted by atomic mass is 35.5. The van der Waals surface area contributed by atoms with Gasteiger partial charge in [0.1, 0.15) is 4.99 Å². The summed E-state index contributed by atoms with van der Waals surface area (Å²) in [6.07, 6.45) is 0. The van der Waals surface area contributed by atoms with Crippen LogP contribution < -0.4 is 5.73 Å². The van der Waals surface area contributed by atoms with Crippen molar-refractivity contribution in [3.8, 4) is 0 Å². The minimum Gasteiger partial charge on any atom is -0.389 e. The number of rotatable bonds is 5. The molecule has 20 heavy (non-hydrogen) atoms. The lowest BCUT2D eigenvalue weighted by atomic mass is 10.1. The second kappa shape index (κ2) is 6.87. The summed E-state index contributed by atoms with van der Waals surface area (Å²) in [7, 11) is 2.05. The first-order chi connectivity index (χ1) is 9.45. The number of hydrogen-bond donors (Lipinski definition) is 1. The number of thiocarbonyl (C=S) groups is 1. The van der Waals surface area contributed by atoms with Gasteiger partial charge in [0, 0.05) is 28.6 Å². The van der Waals surface area contributed by atoms with E-state index in [9.17, 15) is 0 Å². The molecule has 1 heterocycles. The molecule has 0 aliphatic rings. The number of halogens is 2. The molecular formula is C14H14Cl2N2S2. The Hall–Kier alpha value is -0.650. The lowest BCUT2D eigenvalue weighted by Crippen LogP contribution is -2.17. The molecule has 2 N–H and O–H groups in total. The summed E-state index contributed by atoms with van der Waals surface area (Å²) < 4.78 is 0.812. The van der Waals surface area contributed by atoms with E-state index in [0.717, 1.165) is 28.6 Å². The Morgan fingerprint density at radius 1 is 1.25 bits per heavy atom. The van der Waals surface area contributed by atoms with Crippen LogP contribution in [0.1, 0.15) is 16.0 Å². The third-order valence-corrected chi connectivity index (χ3v) is 4.64. The fourth-order valence-electron chi connectivity index (χ4n) is 1.88. The second-order valence-corrected chi connectivity index (χ2v) is 7.20. The van der Waals surface area contributed by atoms with E-state index < -0.39 is 0 Å². The van der Waals surface area contributed by atoms with E-state index in [2.05, 4.69) is 4.90 Å². The molecule has 0 bridgehead atoms. The maximum absolute atomic E-state index is 6.26. The van der Waals surface area contributed by atoms with Gasteiger partial charge in [0.05, 0.1) is 4.34 Å². The average molecular weight is 345 g/mol. The summed E-state index contributed by atoms with van der Waals surface area (Å²) in [5, 5.41) is 0.686. The van der Waals surface area contributed by atoms with E-state index in [-0.39, 0.29) is 0 Å². The summed E-state index contributed by atoms with van der Waals surface area (Å²) in [5.41, 5.74) is 7.44. The van der Waals surface area contributed by atoms with Crippen molar-refractivity contribution in [2.24, 2.45) is 5.73 Å². The molecule has 2 aromatic rings. The first kappa shape index (κ1) is 15.7. The van der Waals surface area contributed by atoms with Crippen molar-refractivity contribution in [3.05, 3.63) is 55.7 Å². The number of nitrogens with zero attached hydrogens (tertiary/aromatic N) is 1. The number of benzene rings is 1. The van der Waals surface area contributed by atoms with Gasteiger partial charge in [-0.05, 0) is 30.8 Å². The summed E-state index contributed by atoms with van der Waals surface area (Å²) in [6.45, 7) is 1.59. The fourth-order valence-corrected chi connectivity index (χ4v) is 3.41. The first-order valence-corrected chi connectivity index (χ1v) is 7.95. The maximum Gasteiger partial charge on any atom is 0.104 e. The highest BCUT2D eigenvalue weighted by Crippen LogP contribution is 2.24. The topological polar surface area (TPSA) is 29.3 Å². The molecule has 0 atom stereocenters. The Balaban J connectivity index is 2.04. The van der Waals surface area contributed by atoms with Gasteiger partial charge in [-0.2, -0.15) is 0 Å². The molecule has 0 fully saturated rings. The van der Waals surface area contributed by atoms with Crippen molar-refractivity contribution in [2.45, 2.75) is 13.1 Å². The van der Waals surface area contributed by atoms with Gasteiger partial charge in [-0.3, -0.25) is 4.90 Å². The van der Waals surface area contributed by atoms with E-state index in [4.69, 9.17) is 41.2 Å². The molecule has 0 spiro atoms. The minimum atomic E-state index is 0.361. The van der Waals surface area contributed by atoms with Gasteiger partial charge in [-0.15, -0.1) is 11.3 Å². The van der Waals surface area contributed by atoms with Crippen LogP contribution in [0.3, 0.4) is 0 Å². The van der Waals surface area contributed by atoms with E-state index >= 15 is 0 Å². The van der Waals surface area contributed by atoms with E-state index in [1.54, 1.807) is 11.3 Å². The van der Waals surface area contributed by atoms with E-state index in [1.807, 2.05) is 37.4 Å². The van der Waals surface area contributed by atoms with E-state index in [1.165, 1.54) is 4.88 Å². The van der Waals surface area contributed by atoms with Crippen LogP contribution in [-0.2, 0) is 13.1 Å². The minimum absolute atomic E-state index is 0.361. The molecule has 2 nitrogen and oxygen atoms in total. The number of hydrogen-bond acceptors (Lipinski definition) is 3. The largest absolute Gasteiger partial charge is 0.389 e. The molecule has 2 rings (SSSR count). The van der Waals surface area contributed by atoms with Gasteiger partial charge >= 0.3 is 0 Å². The normalized spacial score (nSPS) is 11.0. The standard InChI is InChI=1S/C14H14Cl2N2S2/c1-18(8-11-4-5-13(16)20-11)7-10-3-2-9(14(17)19)6-12(10)15/h2-6H,7-8H2,1H3,(H2,17,19). The van der Waals surface area contributed by atoms with E-state index in [0.29, 0.717) is 10.0 Å². The van der Waals surface area contributed by atoms with Crippen LogP contribution in [0.4, 0.5) is 0 Å². The Morgan fingerprint density at radius 3 is 2.55 bits per heavy atom. The van der Waals surface area contributed by atoms with Gasteiger partial charge < -0.3 is 5.73 Å². The second-order valence-electron chi connectivity index (χ2n) is 4.55. The number of thiophene rings is 1. The van der Waals surface area contributed by atoms with Crippen molar-refractivity contribution in [2.75, 3.05) is 7.05 Å². The fraction of sp³-hybridized carbons (Fsp3) is 0.214. The Kier molecular flexibility index (Phi) is 5.41. The molecule has 0 amide bonds. The molecule has 0 saturated heterocycles. The highest BCUT2D eigenvalue weighted by molar-refractivity contribution is 7.80. The van der Waals surface area contributed by atoms with Crippen LogP contribution in [0.5, 0.6) is 0 Å². The molecule has 0 radical (unpaired) electrons. The Morgan fingerprint density at radius 2 is 2.00 bits per heavy atom. The van der Waals surface area contributed by atoms with Crippen molar-refractivity contribution < 1.29 is 0 Å². The van der Waals surface area contributed by atoms with Crippen LogP contribution in [0.25, 0.3) is 0 Å². The van der Waals surface area contributed by atoms with Crippen molar-refractivity contribution in [3.63, 3.8) is 0 Å². The van der Waals surface area contributed by atoms with Gasteiger partial charge in [0.2, 0.25) is 0 Å². The molecule has 1 aromatic carbocycles. The molecule has 106 valence electrons. The molecule has 0 unspecified atom stereocenters. The Labute approximate surface area is 138 Å². The van der Waals surface area contributed by atoms with Crippen LogP contribution in [0.15, 0.2) is 30.3 Å². The van der Waals surface area contributed by atoms with Crippen LogP contribution >= 0.6 is 46.8 Å². The van der Waals surface area contributed by atoms with Gasteiger partial charge in [-0.25, -0.2) is 0 Å². The summed E-state index contributed by atoms with van der Waals surface area (Å²) >= 11 is 18.7. The van der Waals surface area contributed by atoms with Gasteiger partial charge in [0.25, 0.3) is 0 Å². The zero-order chi connectivity index (χ0) is 14.7. The third-order valence-electron chi connectivity index (χ3n) is 2.83. The van der Waals surface area contributed by atoms with Crippen LogP contribution in [0, 0.1) is 0 Å². The SMILES string of the molecule is CN(Cc1ccc(Cl)s1)Cc1ccc(C(N)=S)cc1Cl. The predicted molar refractivity (Wildman–Crippen MR) is 91.8 cm³/mol. The first-order valence-electron chi connectivity index (χ1n) is 5.96. The molecule has 1 aromatic heterocycles. The van der Waals surface area contributed by atoms with Crippen LogP contribution in [0.2, 0.25) is 9.36 Å². The Bertz CT molecular complexity index is 625. The zero-order valence-corrected chi connectivity index (χ0v) is 14.0. The highest BCUT2D eigenvalue weighted by Gasteiger charge is 2.08. The lowest BCUT2D eigenvalue weighted by Gasteiger charge is -2.17. The third kappa shape index (κ3) is 4.17. The average Bonchev–Trinajstić information content (AvgIpc) is 2.77. The van der Waals surface area contributed by atoms with Gasteiger partial charge in [-0.1, -0.05) is 47.6 Å². The quantitative estimate of drug-likeness (QED) is 0.819. The van der Waals surface area contributed by atoms with Crippen molar-refractivity contribution >= 4 is 51.7 Å². The molecule has 6 heteroatoms. The smallest absolute Gasteiger partial charge is 0.104 e. The van der Waals surface area contributed by atoms with Crippen LogP contribution in [-0.4, -0.2) is 16.9 Å². The molecular weight excluding hydrogens is 331 g/mol. The summed E-state index contributed by atoms with van der Waals surface area (Å²) in [4.78, 5) is 3.78. The van der Waals surface area contributed by atoms with Crippen molar-refractivity contribution in [1.82, 2.24) is 4.90 Å². The summed E-state index contributed by atoms with van der Waals surface area (Å²) in [5.74, 6) is 0. The van der Waals surface area contributed by atoms with Gasteiger partial charge in [0.15, 0.2) is 0 Å². The summed E-state index contributed by atoms with van der Waals surface area (Å²) in [6, 6.07) is 9.64. The molecule has 0 aliphatic carbocycles. The predicted octanol–water partition coefficient (Wildman–Crippen LogP) is 4.32. The van der Waals surface area contributed by atoms with Crippen molar-refractivity contribution in [1.29, 1.82) is 0 Å². The molecule has 0 saturated carbocycles. The lowest BCUT2D eigenvalue weighted by molar-refractivity contribution is 0.322. The number of nitrogens with two attached hydrogens (primary N) is 1. The monoisotopic (exact) mass is 344 g/mol. The zero-order valence-electron chi connectivity index (χ0n) is 10.9.